The van der Waals surface area contributed by atoms with E-state index in [1.807, 2.05) is 18.2 Å². The highest BCUT2D eigenvalue weighted by molar-refractivity contribution is 6.03. The lowest BCUT2D eigenvalue weighted by Crippen LogP contribution is -2.15. The van der Waals surface area contributed by atoms with Crippen LogP contribution in [0.5, 0.6) is 5.75 Å². The maximum atomic E-state index is 11.9. The van der Waals surface area contributed by atoms with Crippen LogP contribution < -0.4 is 10.5 Å². The fourth-order valence-corrected chi connectivity index (χ4v) is 1.72. The van der Waals surface area contributed by atoms with Gasteiger partial charge in [-0.2, -0.15) is 0 Å². The Kier molecular flexibility index (Phi) is 5.99. The summed E-state index contributed by atoms with van der Waals surface area (Å²) < 4.78 is 17.3. The Bertz CT molecular complexity index is 470. The van der Waals surface area contributed by atoms with Crippen LogP contribution in [-0.4, -0.2) is 32.5 Å². The van der Waals surface area contributed by atoms with E-state index in [4.69, 9.17) is 10.5 Å². The molecule has 1 aromatic carbocycles. The minimum Gasteiger partial charge on any atom is -0.496 e. The van der Waals surface area contributed by atoms with Gasteiger partial charge in [-0.3, -0.25) is 4.99 Å². The second-order valence-electron chi connectivity index (χ2n) is 4.31. The highest BCUT2D eigenvalue weighted by Gasteiger charge is 2.13. The maximum absolute atomic E-state index is 11.9. The van der Waals surface area contributed by atoms with Crippen LogP contribution in [0.3, 0.4) is 0 Å². The van der Waals surface area contributed by atoms with Crippen molar-refractivity contribution < 1.29 is 9.13 Å². The summed E-state index contributed by atoms with van der Waals surface area (Å²) in [5.74, 6) is 1.35. The lowest BCUT2D eigenvalue weighted by Gasteiger charge is -2.15. The first-order valence-corrected chi connectivity index (χ1v) is 6.16. The Morgan fingerprint density at radius 3 is 2.79 bits per heavy atom. The molecule has 0 radical (unpaired) electrons. The normalized spacial score (nSPS) is 12.4. The molecule has 0 aliphatic heterocycles. The molecule has 5 heteroatoms. The van der Waals surface area contributed by atoms with Crippen LogP contribution in [0.15, 0.2) is 28.2 Å². The number of hydrogen-bond acceptors (Lipinski definition) is 2. The maximum Gasteiger partial charge on any atom is 0.136 e. The summed E-state index contributed by atoms with van der Waals surface area (Å²) in [6.45, 7) is 3.76. The Morgan fingerprint density at radius 1 is 1.47 bits per heavy atom. The van der Waals surface area contributed by atoms with Gasteiger partial charge in [-0.25, -0.2) is 9.38 Å². The first-order valence-electron chi connectivity index (χ1n) is 6.16. The van der Waals surface area contributed by atoms with Crippen molar-refractivity contribution in [3.63, 3.8) is 0 Å². The molecule has 1 rings (SSSR count). The van der Waals surface area contributed by atoms with Crippen molar-refractivity contribution in [2.24, 2.45) is 15.7 Å². The molecule has 0 saturated carbocycles. The Labute approximate surface area is 113 Å². The monoisotopic (exact) mass is 265 g/mol. The van der Waals surface area contributed by atoms with Gasteiger partial charge >= 0.3 is 0 Å². The topological polar surface area (TPSA) is 60.0 Å². The third-order valence-corrected chi connectivity index (χ3v) is 2.64. The summed E-state index contributed by atoms with van der Waals surface area (Å²) in [6.07, 6.45) is 1.27. The van der Waals surface area contributed by atoms with Gasteiger partial charge in [0.2, 0.25) is 0 Å². The number of hydrogen-bond donors (Lipinski definition) is 1. The number of rotatable bonds is 6. The van der Waals surface area contributed by atoms with E-state index < -0.39 is 6.67 Å². The van der Waals surface area contributed by atoms with Crippen LogP contribution in [0, 0.1) is 0 Å². The molecule has 0 fully saturated rings. The standard InChI is InChI=1S/C14H20FN3O/c1-10(2)11-5-4-6-12(13(11)19-3)14(16)18-9-17-8-7-15/h4-6,9-10H,7-8H2,1-3H3,(H2,16,17,18). The van der Waals surface area contributed by atoms with E-state index >= 15 is 0 Å². The average molecular weight is 265 g/mol. The van der Waals surface area contributed by atoms with Gasteiger partial charge in [0, 0.05) is 0 Å². The van der Waals surface area contributed by atoms with Crippen molar-refractivity contribution in [2.75, 3.05) is 20.3 Å². The van der Waals surface area contributed by atoms with E-state index in [2.05, 4.69) is 23.8 Å². The number of para-hydroxylation sites is 1. The van der Waals surface area contributed by atoms with Crippen molar-refractivity contribution in [1.29, 1.82) is 0 Å². The molecule has 104 valence electrons. The van der Waals surface area contributed by atoms with Gasteiger partial charge in [-0.15, -0.1) is 0 Å². The molecule has 0 heterocycles. The van der Waals surface area contributed by atoms with Gasteiger partial charge in [0.1, 0.15) is 24.6 Å². The second-order valence-corrected chi connectivity index (χ2v) is 4.31. The minimum atomic E-state index is -0.502. The number of nitrogens with zero attached hydrogens (tertiary/aromatic N) is 2. The van der Waals surface area contributed by atoms with E-state index in [-0.39, 0.29) is 6.54 Å². The summed E-state index contributed by atoms with van der Waals surface area (Å²) in [5, 5.41) is 0. The molecule has 4 nitrogen and oxygen atoms in total. The molecule has 0 atom stereocenters. The number of alkyl halides is 1. The molecule has 0 unspecified atom stereocenters. The molecule has 0 saturated heterocycles. The summed E-state index contributed by atoms with van der Waals surface area (Å²) in [5.41, 5.74) is 7.70. The van der Waals surface area contributed by atoms with Crippen molar-refractivity contribution in [3.8, 4) is 5.75 Å². The largest absolute Gasteiger partial charge is 0.496 e. The molecule has 1 aromatic rings. The molecule has 0 bridgehead atoms. The van der Waals surface area contributed by atoms with Crippen molar-refractivity contribution >= 4 is 12.2 Å². The lowest BCUT2D eigenvalue weighted by atomic mass is 9.98. The molecule has 0 aromatic heterocycles. The van der Waals surface area contributed by atoms with Crippen molar-refractivity contribution in [1.82, 2.24) is 0 Å². The smallest absolute Gasteiger partial charge is 0.136 e. The van der Waals surface area contributed by atoms with Gasteiger partial charge in [0.25, 0.3) is 0 Å². The van der Waals surface area contributed by atoms with Crippen LogP contribution in [0.4, 0.5) is 4.39 Å². The van der Waals surface area contributed by atoms with Crippen LogP contribution >= 0.6 is 0 Å². The van der Waals surface area contributed by atoms with E-state index in [1.54, 1.807) is 7.11 Å². The molecule has 19 heavy (non-hydrogen) atoms. The van der Waals surface area contributed by atoms with E-state index in [0.29, 0.717) is 11.8 Å². The number of halogens is 1. The predicted molar refractivity (Wildman–Crippen MR) is 77.1 cm³/mol. The third-order valence-electron chi connectivity index (χ3n) is 2.64. The van der Waals surface area contributed by atoms with Gasteiger partial charge in [-0.1, -0.05) is 26.0 Å². The highest BCUT2D eigenvalue weighted by atomic mass is 19.1. The zero-order valence-corrected chi connectivity index (χ0v) is 11.6. The molecule has 0 aliphatic rings. The molecule has 0 amide bonds. The summed E-state index contributed by atoms with van der Waals surface area (Å²) in [4.78, 5) is 7.76. The number of nitrogens with two attached hydrogens (primary N) is 1. The molecular weight excluding hydrogens is 245 g/mol. The number of aliphatic imine (C=N–C) groups is 2. The van der Waals surface area contributed by atoms with Crippen molar-refractivity contribution in [2.45, 2.75) is 19.8 Å². The van der Waals surface area contributed by atoms with Gasteiger partial charge < -0.3 is 10.5 Å². The van der Waals surface area contributed by atoms with Crippen LogP contribution in [0.25, 0.3) is 0 Å². The van der Waals surface area contributed by atoms with E-state index in [1.165, 1.54) is 6.34 Å². The minimum absolute atomic E-state index is 0.0972. The van der Waals surface area contributed by atoms with Gasteiger partial charge in [0.05, 0.1) is 19.2 Å². The van der Waals surface area contributed by atoms with Gasteiger partial charge in [-0.05, 0) is 17.5 Å². The Morgan fingerprint density at radius 2 is 2.21 bits per heavy atom. The molecule has 2 N–H and O–H groups in total. The Hall–Kier alpha value is -1.91. The molecular formula is C14H20FN3O. The summed E-state index contributed by atoms with van der Waals surface area (Å²) >= 11 is 0. The average Bonchev–Trinajstić information content (AvgIpc) is 2.42. The first-order chi connectivity index (χ1) is 9.11. The number of ether oxygens (including phenoxy) is 1. The highest BCUT2D eigenvalue weighted by Crippen LogP contribution is 2.29. The zero-order valence-electron chi connectivity index (χ0n) is 11.6. The zero-order chi connectivity index (χ0) is 14.3. The Balaban J connectivity index is 3.09. The van der Waals surface area contributed by atoms with E-state index in [0.717, 1.165) is 16.9 Å². The number of benzene rings is 1. The molecule has 0 aliphatic carbocycles. The summed E-state index contributed by atoms with van der Waals surface area (Å²) in [7, 11) is 1.61. The van der Waals surface area contributed by atoms with Crippen LogP contribution in [0.2, 0.25) is 0 Å². The SMILES string of the molecule is COc1c(C(N)=NC=NCCF)cccc1C(C)C. The van der Waals surface area contributed by atoms with E-state index in [9.17, 15) is 4.39 Å². The molecule has 0 spiro atoms. The number of amidine groups is 1. The summed E-state index contributed by atoms with van der Waals surface area (Å²) in [6, 6.07) is 5.75. The first kappa shape index (κ1) is 15.1. The predicted octanol–water partition coefficient (Wildman–Crippen LogP) is 2.52. The second kappa shape index (κ2) is 7.51. The third kappa shape index (κ3) is 4.05. The van der Waals surface area contributed by atoms with Crippen LogP contribution in [-0.2, 0) is 0 Å². The van der Waals surface area contributed by atoms with Crippen LogP contribution in [0.1, 0.15) is 30.9 Å². The lowest BCUT2D eigenvalue weighted by molar-refractivity contribution is 0.406. The van der Waals surface area contributed by atoms with Crippen molar-refractivity contribution in [3.05, 3.63) is 29.3 Å². The fraction of sp³-hybridized carbons (Fsp3) is 0.429. The quantitative estimate of drug-likeness (QED) is 0.634. The number of methoxy groups -OCH3 is 1. The van der Waals surface area contributed by atoms with Gasteiger partial charge in [0.15, 0.2) is 0 Å². The fourth-order valence-electron chi connectivity index (χ4n) is 1.72.